The van der Waals surface area contributed by atoms with E-state index in [0.29, 0.717) is 6.61 Å². The lowest BCUT2D eigenvalue weighted by Gasteiger charge is -2.28. The van der Waals surface area contributed by atoms with Gasteiger partial charge in [0, 0.05) is 0 Å². The summed E-state index contributed by atoms with van der Waals surface area (Å²) in [5, 5.41) is 8.26. The van der Waals surface area contributed by atoms with E-state index in [9.17, 15) is 4.79 Å². The lowest BCUT2D eigenvalue weighted by atomic mass is 10.0. The zero-order valence-electron chi connectivity index (χ0n) is 10.7. The second-order valence-electron chi connectivity index (χ2n) is 4.93. The van der Waals surface area contributed by atoms with E-state index in [4.69, 9.17) is 4.74 Å². The van der Waals surface area contributed by atoms with Crippen molar-refractivity contribution >= 4 is 6.09 Å². The molecular formula is C14H17N3O2. The average Bonchev–Trinajstić information content (AvgIpc) is 2.82. The maximum absolute atomic E-state index is 11.9. The van der Waals surface area contributed by atoms with Gasteiger partial charge in [0.2, 0.25) is 0 Å². The van der Waals surface area contributed by atoms with Crippen LogP contribution in [0.1, 0.15) is 18.4 Å². The molecule has 2 atom stereocenters. The number of carbonyl (C=O) groups is 1. The zero-order valence-corrected chi connectivity index (χ0v) is 10.7. The first kappa shape index (κ1) is 12.1. The lowest BCUT2D eigenvalue weighted by molar-refractivity contribution is 0.138. The normalized spacial score (nSPS) is 26.5. The maximum Gasteiger partial charge on any atom is 0.411 e. The van der Waals surface area contributed by atoms with Crippen molar-refractivity contribution in [2.24, 2.45) is 10.2 Å². The van der Waals surface area contributed by atoms with Crippen LogP contribution in [0.4, 0.5) is 4.79 Å². The third-order valence-corrected chi connectivity index (χ3v) is 3.57. The molecule has 5 heteroatoms. The Labute approximate surface area is 112 Å². The molecule has 2 heterocycles. The van der Waals surface area contributed by atoms with Crippen LogP contribution in [-0.2, 0) is 11.2 Å². The van der Waals surface area contributed by atoms with Crippen LogP contribution in [0.2, 0.25) is 0 Å². The summed E-state index contributed by atoms with van der Waals surface area (Å²) in [6.07, 6.45) is 2.27. The van der Waals surface area contributed by atoms with Gasteiger partial charge in [-0.15, -0.1) is 0 Å². The van der Waals surface area contributed by atoms with Gasteiger partial charge in [-0.05, 0) is 24.8 Å². The van der Waals surface area contributed by atoms with Gasteiger partial charge in [-0.2, -0.15) is 10.2 Å². The van der Waals surface area contributed by atoms with Crippen LogP contribution in [0.5, 0.6) is 0 Å². The Morgan fingerprint density at radius 2 is 2.16 bits per heavy atom. The van der Waals surface area contributed by atoms with Gasteiger partial charge in [0.25, 0.3) is 0 Å². The highest BCUT2D eigenvalue weighted by atomic mass is 16.6. The SMILES string of the molecule is O=C1OC[C@H](Cc2ccccc2)N1[C@@H]1CCCN=N1. The molecule has 0 unspecified atom stereocenters. The molecule has 2 aliphatic heterocycles. The topological polar surface area (TPSA) is 54.3 Å². The lowest BCUT2D eigenvalue weighted by Crippen LogP contribution is -2.43. The fourth-order valence-electron chi connectivity index (χ4n) is 2.63. The molecule has 0 aromatic heterocycles. The quantitative estimate of drug-likeness (QED) is 0.837. The van der Waals surface area contributed by atoms with Crippen molar-refractivity contribution in [3.63, 3.8) is 0 Å². The van der Waals surface area contributed by atoms with Crippen LogP contribution in [0, 0.1) is 0 Å². The summed E-state index contributed by atoms with van der Waals surface area (Å²) >= 11 is 0. The van der Waals surface area contributed by atoms with E-state index >= 15 is 0 Å². The van der Waals surface area contributed by atoms with Gasteiger partial charge in [0.05, 0.1) is 12.6 Å². The third kappa shape index (κ3) is 2.59. The van der Waals surface area contributed by atoms with Crippen molar-refractivity contribution in [3.05, 3.63) is 35.9 Å². The summed E-state index contributed by atoms with van der Waals surface area (Å²) in [6.45, 7) is 1.21. The first-order valence-electron chi connectivity index (χ1n) is 6.70. The molecule has 100 valence electrons. The second kappa shape index (κ2) is 5.38. The number of rotatable bonds is 3. The van der Waals surface area contributed by atoms with E-state index in [0.717, 1.165) is 25.8 Å². The van der Waals surface area contributed by atoms with Crippen molar-refractivity contribution in [1.29, 1.82) is 0 Å². The monoisotopic (exact) mass is 259 g/mol. The Morgan fingerprint density at radius 3 is 2.89 bits per heavy atom. The highest BCUT2D eigenvalue weighted by Crippen LogP contribution is 2.24. The molecule has 1 saturated heterocycles. The number of hydrogen-bond donors (Lipinski definition) is 0. The first-order valence-corrected chi connectivity index (χ1v) is 6.70. The molecule has 3 rings (SSSR count). The van der Waals surface area contributed by atoms with E-state index < -0.39 is 0 Å². The van der Waals surface area contributed by atoms with Gasteiger partial charge < -0.3 is 4.74 Å². The van der Waals surface area contributed by atoms with Crippen LogP contribution in [0.15, 0.2) is 40.6 Å². The average molecular weight is 259 g/mol. The van der Waals surface area contributed by atoms with E-state index in [1.54, 1.807) is 4.90 Å². The molecule has 1 fully saturated rings. The molecule has 0 N–H and O–H groups in total. The minimum Gasteiger partial charge on any atom is -0.447 e. The zero-order chi connectivity index (χ0) is 13.1. The van der Waals surface area contributed by atoms with Crippen molar-refractivity contribution in [2.75, 3.05) is 13.2 Å². The minimum atomic E-state index is -0.258. The third-order valence-electron chi connectivity index (χ3n) is 3.57. The Bertz CT molecular complexity index is 475. The minimum absolute atomic E-state index is 0.0666. The number of hydrogen-bond acceptors (Lipinski definition) is 4. The Balaban J connectivity index is 1.74. The van der Waals surface area contributed by atoms with Gasteiger partial charge in [-0.3, -0.25) is 4.90 Å². The standard InChI is InChI=1S/C14H17N3O2/c18-14-17(13-7-4-8-15-16-13)12(10-19-14)9-11-5-2-1-3-6-11/h1-3,5-6,12-13H,4,7-10H2/t12-,13+/m0/s1. The molecule has 0 radical (unpaired) electrons. The Kier molecular flexibility index (Phi) is 3.44. The predicted octanol–water partition coefficient (Wildman–Crippen LogP) is 2.62. The number of amides is 1. The number of nitrogens with zero attached hydrogens (tertiary/aromatic N) is 3. The second-order valence-corrected chi connectivity index (χ2v) is 4.93. The van der Waals surface area contributed by atoms with Crippen LogP contribution in [0.25, 0.3) is 0 Å². The highest BCUT2D eigenvalue weighted by molar-refractivity contribution is 5.70. The molecular weight excluding hydrogens is 242 g/mol. The number of ether oxygens (including phenoxy) is 1. The van der Waals surface area contributed by atoms with E-state index in [2.05, 4.69) is 22.4 Å². The van der Waals surface area contributed by atoms with E-state index in [1.807, 2.05) is 18.2 Å². The van der Waals surface area contributed by atoms with Crippen molar-refractivity contribution < 1.29 is 9.53 Å². The molecule has 0 saturated carbocycles. The Hall–Kier alpha value is -1.91. The van der Waals surface area contributed by atoms with Gasteiger partial charge >= 0.3 is 6.09 Å². The number of carbonyl (C=O) groups excluding carboxylic acids is 1. The molecule has 0 aliphatic carbocycles. The summed E-state index contributed by atoms with van der Waals surface area (Å²) in [5.74, 6) is 0. The molecule has 0 bridgehead atoms. The van der Waals surface area contributed by atoms with Crippen LogP contribution < -0.4 is 0 Å². The molecule has 0 spiro atoms. The van der Waals surface area contributed by atoms with E-state index in [1.165, 1.54) is 5.56 Å². The maximum atomic E-state index is 11.9. The molecule has 1 aromatic rings. The molecule has 2 aliphatic rings. The Morgan fingerprint density at radius 1 is 1.32 bits per heavy atom. The first-order chi connectivity index (χ1) is 9.34. The summed E-state index contributed by atoms with van der Waals surface area (Å²) in [5.41, 5.74) is 1.21. The molecule has 1 aromatic carbocycles. The molecule has 1 amide bonds. The highest BCUT2D eigenvalue weighted by Gasteiger charge is 2.38. The van der Waals surface area contributed by atoms with Gasteiger partial charge in [0.15, 0.2) is 0 Å². The van der Waals surface area contributed by atoms with Crippen molar-refractivity contribution in [1.82, 2.24) is 4.90 Å². The van der Waals surface area contributed by atoms with Crippen molar-refractivity contribution in [2.45, 2.75) is 31.5 Å². The largest absolute Gasteiger partial charge is 0.447 e. The van der Waals surface area contributed by atoms with Crippen molar-refractivity contribution in [3.8, 4) is 0 Å². The number of cyclic esters (lactones) is 1. The smallest absolute Gasteiger partial charge is 0.411 e. The molecule has 5 nitrogen and oxygen atoms in total. The van der Waals surface area contributed by atoms with Crippen LogP contribution in [-0.4, -0.2) is 36.4 Å². The summed E-state index contributed by atoms with van der Waals surface area (Å²) < 4.78 is 5.19. The fraction of sp³-hybridized carbons (Fsp3) is 0.500. The van der Waals surface area contributed by atoms with Crippen LogP contribution in [0.3, 0.4) is 0 Å². The van der Waals surface area contributed by atoms with E-state index in [-0.39, 0.29) is 18.3 Å². The van der Waals surface area contributed by atoms with Gasteiger partial charge in [0.1, 0.15) is 12.8 Å². The number of azo groups is 1. The predicted molar refractivity (Wildman–Crippen MR) is 69.9 cm³/mol. The summed E-state index contributed by atoms with van der Waals surface area (Å²) in [7, 11) is 0. The van der Waals surface area contributed by atoms with Gasteiger partial charge in [-0.25, -0.2) is 4.79 Å². The summed E-state index contributed by atoms with van der Waals surface area (Å²) in [4.78, 5) is 13.6. The van der Waals surface area contributed by atoms with Gasteiger partial charge in [-0.1, -0.05) is 30.3 Å². The van der Waals surface area contributed by atoms with Crippen LogP contribution >= 0.6 is 0 Å². The summed E-state index contributed by atoms with van der Waals surface area (Å²) in [6, 6.07) is 10.2. The number of benzene rings is 1. The molecule has 19 heavy (non-hydrogen) atoms. The fourth-order valence-corrected chi connectivity index (χ4v) is 2.63.